The number of rotatable bonds is 2. The average molecular weight is 287 g/mol. The molecular formula is C16H15ClN2O. The van der Waals surface area contributed by atoms with Gasteiger partial charge in [0, 0.05) is 16.3 Å². The molecule has 0 aromatic heterocycles. The van der Waals surface area contributed by atoms with E-state index < -0.39 is 0 Å². The number of hydrogen-bond acceptors (Lipinski definition) is 2. The quantitative estimate of drug-likeness (QED) is 0.832. The molecule has 0 bridgehead atoms. The van der Waals surface area contributed by atoms with Crippen LogP contribution in [0.15, 0.2) is 42.5 Å². The van der Waals surface area contributed by atoms with Crippen LogP contribution in [0.2, 0.25) is 5.02 Å². The maximum absolute atomic E-state index is 12.2. The highest BCUT2D eigenvalue weighted by Crippen LogP contribution is 2.33. The highest BCUT2D eigenvalue weighted by molar-refractivity contribution is 6.30. The number of halogens is 1. The van der Waals surface area contributed by atoms with Gasteiger partial charge in [-0.2, -0.15) is 0 Å². The zero-order valence-corrected chi connectivity index (χ0v) is 11.7. The summed E-state index contributed by atoms with van der Waals surface area (Å²) >= 11 is 5.99. The zero-order chi connectivity index (χ0) is 14.1. The van der Waals surface area contributed by atoms with Crippen LogP contribution in [0.5, 0.6) is 0 Å². The van der Waals surface area contributed by atoms with Crippen molar-refractivity contribution in [3.8, 4) is 0 Å². The second kappa shape index (κ2) is 5.17. The second-order valence-electron chi connectivity index (χ2n) is 5.03. The lowest BCUT2D eigenvalue weighted by Gasteiger charge is -2.14. The van der Waals surface area contributed by atoms with Crippen LogP contribution >= 0.6 is 11.6 Å². The van der Waals surface area contributed by atoms with Gasteiger partial charge in [0.15, 0.2) is 0 Å². The number of nitrogen functional groups attached to an aromatic ring is 1. The molecule has 3 nitrogen and oxygen atoms in total. The molecule has 3 N–H and O–H groups in total. The number of anilines is 1. The second-order valence-corrected chi connectivity index (χ2v) is 5.47. The average Bonchev–Trinajstić information content (AvgIpc) is 2.81. The van der Waals surface area contributed by atoms with E-state index in [-0.39, 0.29) is 11.9 Å². The number of benzene rings is 2. The van der Waals surface area contributed by atoms with Gasteiger partial charge in [-0.3, -0.25) is 4.79 Å². The fourth-order valence-electron chi connectivity index (χ4n) is 2.61. The lowest BCUT2D eigenvalue weighted by molar-refractivity contribution is 0.0937. The van der Waals surface area contributed by atoms with Crippen molar-refractivity contribution >= 4 is 23.2 Å². The molecule has 1 aliphatic carbocycles. The molecule has 1 atom stereocenters. The van der Waals surface area contributed by atoms with E-state index in [2.05, 4.69) is 5.32 Å². The smallest absolute Gasteiger partial charge is 0.251 e. The number of hydrogen-bond donors (Lipinski definition) is 2. The summed E-state index contributed by atoms with van der Waals surface area (Å²) in [5.41, 5.74) is 9.29. The lowest BCUT2D eigenvalue weighted by atomic mass is 10.1. The number of nitrogens with two attached hydrogens (primary N) is 1. The fourth-order valence-corrected chi connectivity index (χ4v) is 2.81. The van der Waals surface area contributed by atoms with Crippen LogP contribution < -0.4 is 11.1 Å². The summed E-state index contributed by atoms with van der Waals surface area (Å²) in [6.07, 6.45) is 1.86. The van der Waals surface area contributed by atoms with Crippen molar-refractivity contribution in [1.82, 2.24) is 5.32 Å². The summed E-state index contributed by atoms with van der Waals surface area (Å²) in [6, 6.07) is 12.9. The van der Waals surface area contributed by atoms with Crippen molar-refractivity contribution in [2.45, 2.75) is 18.9 Å². The monoisotopic (exact) mass is 286 g/mol. The predicted molar refractivity (Wildman–Crippen MR) is 80.8 cm³/mol. The van der Waals surface area contributed by atoms with Gasteiger partial charge in [-0.1, -0.05) is 17.7 Å². The molecule has 0 spiro atoms. The standard InChI is InChI=1S/C16H15ClN2O/c17-12-4-7-14-11(9-12)3-8-15(14)19-16(20)10-1-5-13(18)6-2-10/h1-2,4-7,9,15H,3,8,18H2,(H,19,20)/t15-/m0/s1. The van der Waals surface area contributed by atoms with Crippen LogP contribution in [0.25, 0.3) is 0 Å². The van der Waals surface area contributed by atoms with E-state index in [1.807, 2.05) is 18.2 Å². The van der Waals surface area contributed by atoms with E-state index in [4.69, 9.17) is 17.3 Å². The van der Waals surface area contributed by atoms with Crippen LogP contribution in [-0.4, -0.2) is 5.91 Å². The summed E-state index contributed by atoms with van der Waals surface area (Å²) in [4.78, 5) is 12.2. The topological polar surface area (TPSA) is 55.1 Å². The molecule has 0 fully saturated rings. The molecule has 20 heavy (non-hydrogen) atoms. The predicted octanol–water partition coefficient (Wildman–Crippen LogP) is 3.34. The number of carbonyl (C=O) groups is 1. The summed E-state index contributed by atoms with van der Waals surface area (Å²) in [5.74, 6) is -0.0715. The number of aryl methyl sites for hydroxylation is 1. The Hall–Kier alpha value is -2.00. The van der Waals surface area contributed by atoms with Gasteiger partial charge in [0.1, 0.15) is 0 Å². The Morgan fingerprint density at radius 1 is 1.20 bits per heavy atom. The molecule has 0 aliphatic heterocycles. The number of nitrogens with one attached hydrogen (secondary N) is 1. The summed E-state index contributed by atoms with van der Waals surface area (Å²) in [5, 5.41) is 3.81. The number of amides is 1. The first-order valence-electron chi connectivity index (χ1n) is 6.58. The third-order valence-electron chi connectivity index (χ3n) is 3.66. The maximum atomic E-state index is 12.2. The molecule has 1 aliphatic rings. The van der Waals surface area contributed by atoms with Crippen LogP contribution in [-0.2, 0) is 6.42 Å². The normalized spacial score (nSPS) is 16.8. The third-order valence-corrected chi connectivity index (χ3v) is 3.90. The fraction of sp³-hybridized carbons (Fsp3) is 0.188. The van der Waals surface area contributed by atoms with Gasteiger partial charge < -0.3 is 11.1 Å². The Morgan fingerprint density at radius 3 is 2.70 bits per heavy atom. The molecule has 0 unspecified atom stereocenters. The van der Waals surface area contributed by atoms with Crippen LogP contribution in [0.1, 0.15) is 33.9 Å². The van der Waals surface area contributed by atoms with Crippen molar-refractivity contribution < 1.29 is 4.79 Å². The van der Waals surface area contributed by atoms with Crippen molar-refractivity contribution in [3.63, 3.8) is 0 Å². The SMILES string of the molecule is Nc1ccc(C(=O)N[C@H]2CCc3cc(Cl)ccc32)cc1. The van der Waals surface area contributed by atoms with Crippen molar-refractivity contribution in [1.29, 1.82) is 0 Å². The minimum absolute atomic E-state index is 0.0623. The Kier molecular flexibility index (Phi) is 3.36. The van der Waals surface area contributed by atoms with Gasteiger partial charge in [-0.05, 0) is 60.4 Å². The molecule has 0 radical (unpaired) electrons. The van der Waals surface area contributed by atoms with Crippen molar-refractivity contribution in [3.05, 3.63) is 64.2 Å². The zero-order valence-electron chi connectivity index (χ0n) is 10.9. The largest absolute Gasteiger partial charge is 0.399 e. The Bertz CT molecular complexity index is 652. The van der Waals surface area contributed by atoms with Gasteiger partial charge in [-0.15, -0.1) is 0 Å². The van der Waals surface area contributed by atoms with Gasteiger partial charge >= 0.3 is 0 Å². The van der Waals surface area contributed by atoms with E-state index in [0.717, 1.165) is 23.4 Å². The molecule has 3 rings (SSSR count). The number of fused-ring (bicyclic) bond motifs is 1. The molecular weight excluding hydrogens is 272 g/mol. The Balaban J connectivity index is 1.77. The maximum Gasteiger partial charge on any atom is 0.251 e. The van der Waals surface area contributed by atoms with Crippen molar-refractivity contribution in [2.75, 3.05) is 5.73 Å². The first kappa shape index (κ1) is 13.0. The lowest BCUT2D eigenvalue weighted by Crippen LogP contribution is -2.27. The van der Waals surface area contributed by atoms with E-state index >= 15 is 0 Å². The van der Waals surface area contributed by atoms with Crippen LogP contribution in [0.4, 0.5) is 5.69 Å². The summed E-state index contributed by atoms with van der Waals surface area (Å²) in [6.45, 7) is 0. The van der Waals surface area contributed by atoms with Gasteiger partial charge in [0.05, 0.1) is 6.04 Å². The minimum Gasteiger partial charge on any atom is -0.399 e. The molecule has 2 aromatic carbocycles. The molecule has 102 valence electrons. The van der Waals surface area contributed by atoms with Crippen LogP contribution in [0.3, 0.4) is 0 Å². The van der Waals surface area contributed by atoms with E-state index in [9.17, 15) is 4.79 Å². The van der Waals surface area contributed by atoms with Gasteiger partial charge in [-0.25, -0.2) is 0 Å². The van der Waals surface area contributed by atoms with E-state index in [1.165, 1.54) is 5.56 Å². The molecule has 0 saturated carbocycles. The molecule has 4 heteroatoms. The third kappa shape index (κ3) is 2.49. The minimum atomic E-state index is -0.0715. The van der Waals surface area contributed by atoms with E-state index in [1.54, 1.807) is 24.3 Å². The Morgan fingerprint density at radius 2 is 1.95 bits per heavy atom. The molecule has 2 aromatic rings. The van der Waals surface area contributed by atoms with Gasteiger partial charge in [0.25, 0.3) is 5.91 Å². The number of carbonyl (C=O) groups excluding carboxylic acids is 1. The molecule has 0 saturated heterocycles. The first-order valence-corrected chi connectivity index (χ1v) is 6.96. The highest BCUT2D eigenvalue weighted by atomic mass is 35.5. The summed E-state index contributed by atoms with van der Waals surface area (Å²) < 4.78 is 0. The van der Waals surface area contributed by atoms with Crippen molar-refractivity contribution in [2.24, 2.45) is 0 Å². The summed E-state index contributed by atoms with van der Waals surface area (Å²) in [7, 11) is 0. The molecule has 1 amide bonds. The first-order chi connectivity index (χ1) is 9.63. The Labute approximate surface area is 122 Å². The van der Waals surface area contributed by atoms with Crippen LogP contribution in [0, 0.1) is 0 Å². The molecule has 0 heterocycles. The van der Waals surface area contributed by atoms with Gasteiger partial charge in [0.2, 0.25) is 0 Å². The highest BCUT2D eigenvalue weighted by Gasteiger charge is 2.24. The van der Waals surface area contributed by atoms with E-state index in [0.29, 0.717) is 11.3 Å².